The van der Waals surface area contributed by atoms with Gasteiger partial charge in [0.05, 0.1) is 18.9 Å². The molecular weight excluding hydrogens is 470 g/mol. The Hall–Kier alpha value is -3.10. The van der Waals surface area contributed by atoms with Crippen LogP contribution in [0.3, 0.4) is 0 Å². The molecule has 0 bridgehead atoms. The molecule has 0 aromatic heterocycles. The highest BCUT2D eigenvalue weighted by Crippen LogP contribution is 2.27. The van der Waals surface area contributed by atoms with E-state index in [1.807, 2.05) is 30.0 Å². The highest BCUT2D eigenvalue weighted by Gasteiger charge is 2.23. The number of benzene rings is 2. The van der Waals surface area contributed by atoms with E-state index in [-0.39, 0.29) is 24.2 Å². The van der Waals surface area contributed by atoms with E-state index in [0.717, 1.165) is 50.8 Å². The van der Waals surface area contributed by atoms with Crippen molar-refractivity contribution in [3.05, 3.63) is 53.1 Å². The van der Waals surface area contributed by atoms with E-state index in [4.69, 9.17) is 9.47 Å². The van der Waals surface area contributed by atoms with E-state index in [9.17, 15) is 14.7 Å². The van der Waals surface area contributed by atoms with Gasteiger partial charge in [0.15, 0.2) is 0 Å². The van der Waals surface area contributed by atoms with Gasteiger partial charge in [-0.15, -0.1) is 0 Å². The molecule has 8 nitrogen and oxygen atoms in total. The fourth-order valence-electron chi connectivity index (χ4n) is 4.57. The number of anilines is 1. The van der Waals surface area contributed by atoms with E-state index in [1.165, 1.54) is 13.2 Å². The van der Waals surface area contributed by atoms with Crippen molar-refractivity contribution in [2.24, 2.45) is 0 Å². The predicted molar refractivity (Wildman–Crippen MR) is 145 cm³/mol. The Bertz CT molecular complexity index is 1050. The first-order valence-corrected chi connectivity index (χ1v) is 13.1. The van der Waals surface area contributed by atoms with E-state index in [1.54, 1.807) is 12.1 Å². The van der Waals surface area contributed by atoms with E-state index in [0.29, 0.717) is 41.6 Å². The Morgan fingerprint density at radius 3 is 2.54 bits per heavy atom. The molecule has 1 fully saturated rings. The summed E-state index contributed by atoms with van der Waals surface area (Å²) >= 11 is 0. The van der Waals surface area contributed by atoms with E-state index < -0.39 is 0 Å². The average Bonchev–Trinajstić information content (AvgIpc) is 2.88. The zero-order chi connectivity index (χ0) is 26.8. The normalized spacial score (nSPS) is 14.1. The lowest BCUT2D eigenvalue weighted by atomic mass is 10.0. The lowest BCUT2D eigenvalue weighted by molar-refractivity contribution is -0.132. The molecule has 2 aromatic rings. The average molecular weight is 512 g/mol. The molecule has 0 spiro atoms. The number of carbonyl (C=O) groups excluding carboxylic acids is 2. The number of nitrogens with zero attached hydrogens (tertiary/aromatic N) is 2. The van der Waals surface area contributed by atoms with Crippen molar-refractivity contribution < 1.29 is 24.2 Å². The largest absolute Gasteiger partial charge is 0.508 e. The molecule has 3 rings (SSSR count). The van der Waals surface area contributed by atoms with Gasteiger partial charge in [0.25, 0.3) is 5.91 Å². The van der Waals surface area contributed by atoms with Crippen LogP contribution in [0.25, 0.3) is 0 Å². The van der Waals surface area contributed by atoms with Crippen LogP contribution in [-0.4, -0.2) is 73.7 Å². The summed E-state index contributed by atoms with van der Waals surface area (Å²) in [5.74, 6) is 0.668. The van der Waals surface area contributed by atoms with Crippen LogP contribution in [0, 0.1) is 6.92 Å². The van der Waals surface area contributed by atoms with Crippen LogP contribution >= 0.6 is 0 Å². The monoisotopic (exact) mass is 511 g/mol. The van der Waals surface area contributed by atoms with Gasteiger partial charge in [-0.05, 0) is 89.0 Å². The molecular formula is C29H41N3O5. The predicted octanol–water partition coefficient (Wildman–Crippen LogP) is 4.59. The third-order valence-corrected chi connectivity index (χ3v) is 6.87. The minimum Gasteiger partial charge on any atom is -0.508 e. The Balaban J connectivity index is 1.44. The lowest BCUT2D eigenvalue weighted by Crippen LogP contribution is -2.44. The fraction of sp³-hybridized carbons (Fsp3) is 0.517. The van der Waals surface area contributed by atoms with Crippen LogP contribution in [0.2, 0.25) is 0 Å². The van der Waals surface area contributed by atoms with Crippen LogP contribution in [0.1, 0.15) is 60.0 Å². The third-order valence-electron chi connectivity index (χ3n) is 6.87. The molecule has 2 aromatic carbocycles. The van der Waals surface area contributed by atoms with Gasteiger partial charge in [0.1, 0.15) is 11.5 Å². The summed E-state index contributed by atoms with van der Waals surface area (Å²) in [6, 6.07) is 10.9. The summed E-state index contributed by atoms with van der Waals surface area (Å²) in [7, 11) is 5.74. The number of amides is 2. The number of phenols is 1. The maximum Gasteiger partial charge on any atom is 0.255 e. The number of aryl methyl sites for hydroxylation is 1. The number of hydrogen-bond donors (Lipinski definition) is 2. The number of methoxy groups -OCH3 is 1. The smallest absolute Gasteiger partial charge is 0.255 e. The molecule has 202 valence electrons. The van der Waals surface area contributed by atoms with Crippen LogP contribution in [0.4, 0.5) is 5.69 Å². The number of nitrogens with one attached hydrogen (secondary N) is 1. The second kappa shape index (κ2) is 14.0. The van der Waals surface area contributed by atoms with Crippen molar-refractivity contribution in [3.8, 4) is 11.5 Å². The number of piperidine rings is 1. The maximum absolute atomic E-state index is 12.9. The van der Waals surface area contributed by atoms with Crippen molar-refractivity contribution in [1.82, 2.24) is 9.80 Å². The van der Waals surface area contributed by atoms with Gasteiger partial charge in [-0.2, -0.15) is 0 Å². The minimum atomic E-state index is -0.292. The first-order valence-electron chi connectivity index (χ1n) is 13.1. The van der Waals surface area contributed by atoms with Crippen LogP contribution in [0.5, 0.6) is 11.5 Å². The zero-order valence-corrected chi connectivity index (χ0v) is 22.6. The molecule has 2 amide bonds. The summed E-state index contributed by atoms with van der Waals surface area (Å²) < 4.78 is 11.1. The second-order valence-corrected chi connectivity index (χ2v) is 9.96. The molecule has 8 heteroatoms. The van der Waals surface area contributed by atoms with Gasteiger partial charge < -0.3 is 29.7 Å². The van der Waals surface area contributed by atoms with Crippen molar-refractivity contribution in [2.75, 3.05) is 46.2 Å². The number of ether oxygens (including phenoxy) is 2. The SMILES string of the molecule is COCc1cc(C(=O)Nc2ccc(C)cc2OCCCCCC(=O)N2CCC(N(C)C)CC2)ccc1O. The van der Waals surface area contributed by atoms with Gasteiger partial charge in [-0.3, -0.25) is 9.59 Å². The number of aromatic hydroxyl groups is 1. The van der Waals surface area contributed by atoms with Crippen LogP contribution in [0.15, 0.2) is 36.4 Å². The van der Waals surface area contributed by atoms with Crippen molar-refractivity contribution in [1.29, 1.82) is 0 Å². The summed E-state index contributed by atoms with van der Waals surface area (Å²) in [6.07, 6.45) is 5.25. The number of phenolic OH excluding ortho intramolecular Hbond substituents is 1. The molecule has 2 N–H and O–H groups in total. The Kier molecular flexibility index (Phi) is 10.8. The highest BCUT2D eigenvalue weighted by atomic mass is 16.5. The van der Waals surface area contributed by atoms with Crippen LogP contribution in [-0.2, 0) is 16.1 Å². The molecule has 1 aliphatic rings. The maximum atomic E-state index is 12.9. The molecule has 37 heavy (non-hydrogen) atoms. The van der Waals surface area contributed by atoms with Crippen molar-refractivity contribution in [2.45, 2.75) is 58.1 Å². The number of carbonyl (C=O) groups is 2. The van der Waals surface area contributed by atoms with Gasteiger partial charge in [0, 0.05) is 43.8 Å². The Morgan fingerprint density at radius 1 is 1.08 bits per heavy atom. The number of likely N-dealkylation sites (tertiary alicyclic amines) is 1. The van der Waals surface area contributed by atoms with Gasteiger partial charge in [-0.25, -0.2) is 0 Å². The number of hydrogen-bond acceptors (Lipinski definition) is 6. The number of rotatable bonds is 12. The zero-order valence-electron chi connectivity index (χ0n) is 22.6. The molecule has 0 aliphatic carbocycles. The van der Waals surface area contributed by atoms with E-state index in [2.05, 4.69) is 24.3 Å². The molecule has 0 saturated carbocycles. The van der Waals surface area contributed by atoms with Gasteiger partial charge in [0.2, 0.25) is 5.91 Å². The minimum absolute atomic E-state index is 0.0911. The van der Waals surface area contributed by atoms with Gasteiger partial charge in [-0.1, -0.05) is 6.07 Å². The molecule has 1 saturated heterocycles. The fourth-order valence-corrected chi connectivity index (χ4v) is 4.57. The molecule has 0 atom stereocenters. The Labute approximate surface area is 220 Å². The summed E-state index contributed by atoms with van der Waals surface area (Å²) in [4.78, 5) is 29.6. The molecule has 0 unspecified atom stereocenters. The molecule has 0 radical (unpaired) electrons. The second-order valence-electron chi connectivity index (χ2n) is 9.96. The number of unbranched alkanes of at least 4 members (excludes halogenated alkanes) is 2. The standard InChI is InChI=1S/C29H41N3O5/c1-21-9-11-25(30-29(35)22-10-12-26(33)23(19-22)20-36-4)27(18-21)37-17-7-5-6-8-28(34)32-15-13-24(14-16-32)31(2)3/h9-12,18-19,24,33H,5-8,13-17,20H2,1-4H3,(H,30,35). The molecule has 1 heterocycles. The first kappa shape index (κ1) is 28.5. The van der Waals surface area contributed by atoms with Gasteiger partial charge >= 0.3 is 0 Å². The van der Waals surface area contributed by atoms with E-state index >= 15 is 0 Å². The lowest BCUT2D eigenvalue weighted by Gasteiger charge is -2.35. The highest BCUT2D eigenvalue weighted by molar-refractivity contribution is 6.05. The molecule has 1 aliphatic heterocycles. The quantitative estimate of drug-likeness (QED) is 0.405. The summed E-state index contributed by atoms with van der Waals surface area (Å²) in [5.41, 5.74) is 2.59. The van der Waals surface area contributed by atoms with Crippen molar-refractivity contribution in [3.63, 3.8) is 0 Å². The van der Waals surface area contributed by atoms with Crippen molar-refractivity contribution >= 4 is 17.5 Å². The summed E-state index contributed by atoms with van der Waals surface area (Å²) in [6.45, 7) is 4.40. The summed E-state index contributed by atoms with van der Waals surface area (Å²) in [5, 5.41) is 12.9. The third kappa shape index (κ3) is 8.47. The van der Waals surface area contributed by atoms with Crippen LogP contribution < -0.4 is 10.1 Å². The topological polar surface area (TPSA) is 91.3 Å². The Morgan fingerprint density at radius 2 is 1.84 bits per heavy atom. The first-order chi connectivity index (χ1) is 17.8.